The van der Waals surface area contributed by atoms with Gasteiger partial charge in [-0.05, 0) is 137 Å². The first-order valence-electron chi connectivity index (χ1n) is 41.7. The Morgan fingerprint density at radius 3 is 2.12 bits per heavy atom. The van der Waals surface area contributed by atoms with Crippen LogP contribution in [-0.4, -0.2) is 294 Å². The molecule has 706 valence electrons. The van der Waals surface area contributed by atoms with E-state index in [1.54, 1.807) is 89.6 Å². The van der Waals surface area contributed by atoms with Gasteiger partial charge in [0.05, 0.1) is 97.0 Å². The molecule has 4 saturated heterocycles. The summed E-state index contributed by atoms with van der Waals surface area (Å²) in [5.41, 5.74) is 12.8. The van der Waals surface area contributed by atoms with E-state index in [1.165, 1.54) is 63.2 Å². The molecule has 0 saturated carbocycles. The van der Waals surface area contributed by atoms with Gasteiger partial charge in [0.15, 0.2) is 41.8 Å². The second kappa shape index (κ2) is 49.1. The molecule has 4 aliphatic heterocycles. The highest BCUT2D eigenvalue weighted by molar-refractivity contribution is 14.1. The monoisotopic (exact) mass is 1950 g/mol. The summed E-state index contributed by atoms with van der Waals surface area (Å²) >= 11 is 2.20. The Bertz CT molecular complexity index is 4400. The molecule has 127 heavy (non-hydrogen) atoms. The van der Waals surface area contributed by atoms with E-state index >= 15 is 0 Å². The third-order valence-electron chi connectivity index (χ3n) is 21.6. The zero-order valence-electron chi connectivity index (χ0n) is 74.1. The fraction of sp³-hybridized carbons (Fsp3) is 0.635. The van der Waals surface area contributed by atoms with Crippen LogP contribution >= 0.6 is 55.5 Å². The van der Waals surface area contributed by atoms with E-state index in [-0.39, 0.29) is 125 Å². The Labute approximate surface area is 764 Å². The number of thiol groups is 1. The summed E-state index contributed by atoms with van der Waals surface area (Å²) in [5.74, 6) is 8.41. The molecule has 6 aliphatic rings. The highest BCUT2D eigenvalue weighted by Crippen LogP contribution is 2.49. The lowest BCUT2D eigenvalue weighted by Gasteiger charge is -2.47. The van der Waals surface area contributed by atoms with E-state index in [9.17, 15) is 69.0 Å². The average molecular weight is 1960 g/mol. The first-order valence-corrected chi connectivity index (χ1v) is 46.1. The van der Waals surface area contributed by atoms with Gasteiger partial charge in [0.2, 0.25) is 35.7 Å². The molecule has 38 nitrogen and oxygen atoms in total. The molecule has 22 atom stereocenters. The van der Waals surface area contributed by atoms with Crippen molar-refractivity contribution in [2.75, 3.05) is 72.9 Å². The number of primary amides is 1. The van der Waals surface area contributed by atoms with Crippen LogP contribution in [0.1, 0.15) is 137 Å². The van der Waals surface area contributed by atoms with Crippen molar-refractivity contribution in [1.82, 2.24) is 37.0 Å². The maximum absolute atomic E-state index is 14.5. The largest absolute Gasteiger partial charge is 0.492 e. The summed E-state index contributed by atoms with van der Waals surface area (Å²) in [5, 5.41) is 86.5. The van der Waals surface area contributed by atoms with Crippen LogP contribution in [0.25, 0.3) is 0 Å². The molecule has 2 bridgehead atoms. The van der Waals surface area contributed by atoms with Gasteiger partial charge in [-0.25, -0.2) is 14.4 Å². The molecule has 4 heterocycles. The van der Waals surface area contributed by atoms with Crippen molar-refractivity contribution >= 4 is 114 Å². The third-order valence-corrected chi connectivity index (χ3v) is 27.6. The molecule has 2 aliphatic carbocycles. The topological polar surface area (TPSA) is 527 Å². The fourth-order valence-electron chi connectivity index (χ4n) is 15.0. The first-order chi connectivity index (χ1) is 60.2. The van der Waals surface area contributed by atoms with Gasteiger partial charge in [-0.2, -0.15) is 16.8 Å². The lowest BCUT2D eigenvalue weighted by Crippen LogP contribution is -2.65. The van der Waals surface area contributed by atoms with Crippen LogP contribution in [0, 0.1) is 40.1 Å². The number of ketones is 1. The number of allylic oxidation sites excluding steroid dienone is 3. The van der Waals surface area contributed by atoms with Gasteiger partial charge in [-0.15, -0.1) is 0 Å². The van der Waals surface area contributed by atoms with Crippen LogP contribution in [0.3, 0.4) is 0 Å². The molecule has 0 spiro atoms. The summed E-state index contributed by atoms with van der Waals surface area (Å²) in [6.07, 6.45) is -15.5. The van der Waals surface area contributed by atoms with Crippen LogP contribution in [0.15, 0.2) is 59.3 Å². The number of carbonyl (C=O) groups is 8. The molecule has 0 unspecified atom stereocenters. The highest BCUT2D eigenvalue weighted by Gasteiger charge is 2.53. The predicted molar refractivity (Wildman–Crippen MR) is 480 cm³/mol. The van der Waals surface area contributed by atoms with Gasteiger partial charge in [0, 0.05) is 74.4 Å². The average Bonchev–Trinajstić information content (AvgIpc) is 0.747. The summed E-state index contributed by atoms with van der Waals surface area (Å²) in [6, 6.07) is 0.244. The number of benzene rings is 2. The highest BCUT2D eigenvalue weighted by atomic mass is 127. The number of likely N-dealkylation sites (N-methyl/N-ethyl adjacent to an activating group) is 1. The van der Waals surface area contributed by atoms with Gasteiger partial charge < -0.3 is 135 Å². The van der Waals surface area contributed by atoms with Crippen molar-refractivity contribution in [1.29, 1.82) is 0 Å². The fourth-order valence-corrected chi connectivity index (χ4v) is 19.0. The molecule has 2 aromatic rings. The number of nitrogens with two attached hydrogens (primary N) is 2. The predicted octanol–water partition coefficient (Wildman–Crippen LogP) is 4.04. The number of ether oxygens (including phenoxy) is 13. The van der Waals surface area contributed by atoms with Crippen molar-refractivity contribution < 1.29 is 135 Å². The zero-order valence-corrected chi connectivity index (χ0v) is 78.7. The number of hydrogen-bond donors (Lipinski definition) is 16. The van der Waals surface area contributed by atoms with Gasteiger partial charge in [-0.3, -0.25) is 34.1 Å². The Morgan fingerprint density at radius 1 is 0.803 bits per heavy atom. The molecule has 42 heteroatoms. The van der Waals surface area contributed by atoms with Crippen LogP contribution in [-0.2, 0) is 82.8 Å². The van der Waals surface area contributed by atoms with Crippen LogP contribution in [0.5, 0.6) is 17.2 Å². The van der Waals surface area contributed by atoms with E-state index in [0.29, 0.717) is 39.8 Å². The number of nitrogens with zero attached hydrogens (tertiary/aromatic N) is 1. The SMILES string of the molecule is CCN(C(=O)OCc1ccc(NC(=O)[C@H](CCCNC(N)=O)NC(=O)[C@@H](NC(=O)[C@H](CCCCN)NC(C)=O)C(C)C)cc1)[C@H]1CO[C@@H](O[C@H]2[C@H](O[C@H]3C#C/C=C\C#C[C@]4(O)CC(=O)C(NC(=O)OC)=C3/C4=C\CSSC(C)(C)C)O[C@H](C)[C@@H](NO[C@H]3C[C@H](O)[C@H]([SH]=C(O)c4c(C)c(I)c(O[C@@H]5O[C@@H](C)[C@H](O)[C@@H](OC)[C@H]5O)c(OC)c4OC)[C@@H](C)O3)[C@@H]2O)C[C@@H]1OC. The van der Waals surface area contributed by atoms with E-state index in [1.807, 2.05) is 43.4 Å². The van der Waals surface area contributed by atoms with Crippen molar-refractivity contribution in [3.8, 4) is 40.9 Å². The Morgan fingerprint density at radius 2 is 1.49 bits per heavy atom. The molecular formula is C85H123IN10O28S3. The molecule has 2 aromatic carbocycles. The van der Waals surface area contributed by atoms with E-state index < -0.39 is 193 Å². The third kappa shape index (κ3) is 28.3. The number of amides is 8. The minimum atomic E-state index is -2.17. The van der Waals surface area contributed by atoms with Crippen LogP contribution < -0.4 is 63.1 Å². The quantitative estimate of drug-likeness (QED) is 0.00854. The van der Waals surface area contributed by atoms with Gasteiger partial charge in [-0.1, -0.05) is 98.1 Å². The summed E-state index contributed by atoms with van der Waals surface area (Å²) < 4.78 is 79.7. The number of carbonyl (C=O) groups excluding carboxylic acids is 8. The van der Waals surface area contributed by atoms with Gasteiger partial charge in [0.25, 0.3) is 0 Å². The Balaban J connectivity index is 1.01. The number of fused-ring (bicyclic) bond motifs is 2. The number of halogens is 1. The van der Waals surface area contributed by atoms with Gasteiger partial charge >= 0.3 is 18.2 Å². The number of anilines is 1. The standard InChI is InChI=1S/C85H123IN10O28S3/c1-17-96(83(109)117-40-48-28-30-49(31-29-48)91-75(103)52(26-24-35-89-81(88)107)92-77(105)63(42(2)3)93-76(104)51(90-47(8)97)25-21-23-34-87)53-41-116-58(38-57(53)111-12)122-72-67(101)64(44(5)119-80(72)121-56-27-20-18-19-22-33-85(110)39-55(99)65(94-82(108)115-16)61(56)50(85)32-36-125-127-84(9,10)11)95-124-59-37-54(98)74(46(7)118-59)126-78(106)60-43(4)62(86)70(73(114-15)69(60)112-13)123-79-68(102)71(113-14)66(100)45(6)120-79/h18-19,28-32,42,44-46,51-54,56-59,63-64,66-68,71-72,74,79-80,95,98,100-102,106,110,126H,17,21,23-26,34-41,87H2,1-16H3,(H,90,97)(H,91,103)(H,92,105)(H,93,104)(H,94,108)(H3,88,89,107)/b19-18-,50-32+/t44-,45+,46-,51+,52+,53+,54+,56+,57+,58+,59+,63+,64-,66+,67+,68-,71-,72-,74-,79+,80+,85+/m1/s1. The Hall–Kier alpha value is -7.49. The number of aliphatic hydroxyl groups is 6. The molecule has 8 rings (SSSR count). The summed E-state index contributed by atoms with van der Waals surface area (Å²) in [6.45, 7) is 19.1. The number of methoxy groups -OCH3 is 5. The number of Topliss-reactive ketones (excluding diaryl/α,β-unsaturated/α-hetero) is 1. The second-order valence-electron chi connectivity index (χ2n) is 32.3. The molecular weight excluding hydrogens is 1830 g/mol. The normalized spacial score (nSPS) is 28.6. The summed E-state index contributed by atoms with van der Waals surface area (Å²) in [7, 11) is 9.62. The number of hydroxylamine groups is 1. The van der Waals surface area contributed by atoms with Crippen molar-refractivity contribution in [2.24, 2.45) is 17.4 Å². The smallest absolute Gasteiger partial charge is 0.411 e. The molecule has 0 radical (unpaired) electrons. The number of aliphatic hydroxyl groups excluding tert-OH is 5. The van der Waals surface area contributed by atoms with Crippen molar-refractivity contribution in [2.45, 2.75) is 272 Å². The lowest BCUT2D eigenvalue weighted by molar-refractivity contribution is -0.337. The number of rotatable bonds is 39. The number of hydrogen-bond acceptors (Lipinski definition) is 31. The van der Waals surface area contributed by atoms with E-state index in [2.05, 4.69) is 61.1 Å². The maximum Gasteiger partial charge on any atom is 0.411 e. The van der Waals surface area contributed by atoms with Crippen LogP contribution in [0.4, 0.5) is 20.1 Å². The second-order valence-corrected chi connectivity index (χ2v) is 37.8. The number of nitrogens with one attached hydrogen (secondary N) is 7. The van der Waals surface area contributed by atoms with Gasteiger partial charge in [0.1, 0.15) is 66.4 Å². The van der Waals surface area contributed by atoms with E-state index in [4.69, 9.17) is 77.9 Å². The number of urea groups is 1. The van der Waals surface area contributed by atoms with Crippen molar-refractivity contribution in [3.63, 3.8) is 0 Å². The zero-order chi connectivity index (χ0) is 93.5. The minimum absolute atomic E-state index is 0.0318. The number of alkyl carbamates (subject to hydrolysis) is 1. The maximum atomic E-state index is 14.5. The molecule has 17 N–H and O–H groups in total. The first kappa shape index (κ1) is 105. The molecule has 0 aromatic heterocycles. The Kier molecular flexibility index (Phi) is 40.6. The molecule has 4 fully saturated rings. The van der Waals surface area contributed by atoms with Crippen molar-refractivity contribution in [3.05, 3.63) is 79.6 Å². The minimum Gasteiger partial charge on any atom is -0.492 e. The summed E-state index contributed by atoms with van der Waals surface area (Å²) in [4.78, 5) is 115. The number of unbranched alkanes of at least 4 members (excludes halogenated alkanes) is 1. The van der Waals surface area contributed by atoms with Crippen LogP contribution in [0.2, 0.25) is 0 Å². The van der Waals surface area contributed by atoms with E-state index in [0.717, 1.165) is 7.11 Å². The molecule has 8 amide bonds. The lowest BCUT2D eigenvalue weighted by atomic mass is 9.75.